The molecule has 6 nitrogen and oxygen atoms in total. The van der Waals surface area contributed by atoms with Gasteiger partial charge in [0.15, 0.2) is 0 Å². The molecule has 7 heteroatoms. The third-order valence-electron chi connectivity index (χ3n) is 1.29. The molecule has 1 rings (SSSR count). The van der Waals surface area contributed by atoms with Crippen LogP contribution >= 0.6 is 0 Å². The molecule has 0 spiro atoms. The Morgan fingerprint density at radius 3 is 2.50 bits per heavy atom. The van der Waals surface area contributed by atoms with Crippen LogP contribution in [0.1, 0.15) is 11.6 Å². The second-order valence-corrected chi connectivity index (χ2v) is 4.12. The Morgan fingerprint density at radius 1 is 1.58 bits per heavy atom. The number of rotatable bonds is 2. The van der Waals surface area contributed by atoms with E-state index < -0.39 is 10.0 Å². The van der Waals surface area contributed by atoms with Gasteiger partial charge in [-0.15, -0.1) is 0 Å². The quantitative estimate of drug-likeness (QED) is 0.641. The van der Waals surface area contributed by atoms with Gasteiger partial charge in [-0.3, -0.25) is 4.68 Å². The number of sulfonamides is 1. The average Bonchev–Trinajstić information content (AvgIpc) is 2.06. The first-order valence-electron chi connectivity index (χ1n) is 3.25. The molecule has 0 saturated heterocycles. The van der Waals surface area contributed by atoms with Crippen molar-refractivity contribution in [3.05, 3.63) is 11.6 Å². The maximum Gasteiger partial charge on any atom is 0.216 e. The number of nitrogens with zero attached hydrogens (tertiary/aromatic N) is 3. The highest BCUT2D eigenvalue weighted by molar-refractivity contribution is 7.88. The van der Waals surface area contributed by atoms with E-state index in [2.05, 4.69) is 10.1 Å². The van der Waals surface area contributed by atoms with Gasteiger partial charge in [0.2, 0.25) is 10.0 Å². The molecule has 1 aromatic rings. The van der Waals surface area contributed by atoms with E-state index in [1.54, 1.807) is 14.0 Å². The van der Waals surface area contributed by atoms with Crippen LogP contribution in [0.15, 0.2) is 0 Å². The van der Waals surface area contributed by atoms with Crippen molar-refractivity contribution in [2.75, 3.05) is 0 Å². The van der Waals surface area contributed by atoms with Crippen molar-refractivity contribution in [1.29, 1.82) is 0 Å². The first-order valence-corrected chi connectivity index (χ1v) is 4.97. The van der Waals surface area contributed by atoms with Crippen LogP contribution in [0.3, 0.4) is 0 Å². The van der Waals surface area contributed by atoms with Gasteiger partial charge < -0.3 is 0 Å². The van der Waals surface area contributed by atoms with E-state index in [4.69, 9.17) is 5.14 Å². The molecule has 0 amide bonds. The minimum atomic E-state index is -3.51. The summed E-state index contributed by atoms with van der Waals surface area (Å²) in [5.74, 6) is 0.621. The zero-order chi connectivity index (χ0) is 9.35. The monoisotopic (exact) mass is 190 g/mol. The molecule has 0 aliphatic heterocycles. The Morgan fingerprint density at radius 2 is 2.17 bits per heavy atom. The first kappa shape index (κ1) is 9.14. The van der Waals surface area contributed by atoms with Crippen molar-refractivity contribution in [2.24, 2.45) is 12.2 Å². The fourth-order valence-corrected chi connectivity index (χ4v) is 1.47. The molecule has 0 aliphatic rings. The van der Waals surface area contributed by atoms with Crippen molar-refractivity contribution in [1.82, 2.24) is 14.8 Å². The predicted octanol–water partition coefficient (Wildman–Crippen LogP) is -1.09. The molecular weight excluding hydrogens is 180 g/mol. The molecule has 0 aliphatic carbocycles. The van der Waals surface area contributed by atoms with E-state index in [1.807, 2.05) is 0 Å². The van der Waals surface area contributed by atoms with E-state index >= 15 is 0 Å². The fourth-order valence-electron chi connectivity index (χ4n) is 0.862. The van der Waals surface area contributed by atoms with Gasteiger partial charge >= 0.3 is 0 Å². The van der Waals surface area contributed by atoms with Crippen LogP contribution < -0.4 is 5.14 Å². The van der Waals surface area contributed by atoms with Crippen LogP contribution in [0, 0.1) is 6.92 Å². The van der Waals surface area contributed by atoms with Crippen molar-refractivity contribution in [3.8, 4) is 0 Å². The van der Waals surface area contributed by atoms with Gasteiger partial charge in [-0.05, 0) is 6.92 Å². The van der Waals surface area contributed by atoms with Gasteiger partial charge in [-0.25, -0.2) is 18.5 Å². The van der Waals surface area contributed by atoms with Crippen LogP contribution in [0.5, 0.6) is 0 Å². The highest BCUT2D eigenvalue weighted by Crippen LogP contribution is 1.98. The van der Waals surface area contributed by atoms with Crippen LogP contribution in [0.4, 0.5) is 0 Å². The summed E-state index contributed by atoms with van der Waals surface area (Å²) in [5, 5.41) is 8.72. The standard InChI is InChI=1S/C5H10N4O2S/c1-4-7-5(9(2)8-4)3-12(6,10)11/h3H2,1-2H3,(H2,6,10,11). The second kappa shape index (κ2) is 2.83. The zero-order valence-corrected chi connectivity index (χ0v) is 7.67. The summed E-state index contributed by atoms with van der Waals surface area (Å²) in [5.41, 5.74) is 0. The second-order valence-electron chi connectivity index (χ2n) is 2.51. The summed E-state index contributed by atoms with van der Waals surface area (Å²) in [4.78, 5) is 3.89. The van der Waals surface area contributed by atoms with Gasteiger partial charge in [0.25, 0.3) is 0 Å². The first-order chi connectivity index (χ1) is 5.38. The zero-order valence-electron chi connectivity index (χ0n) is 6.85. The minimum absolute atomic E-state index is 0.273. The molecule has 0 atom stereocenters. The number of nitrogens with two attached hydrogens (primary N) is 1. The van der Waals surface area contributed by atoms with Crippen molar-refractivity contribution < 1.29 is 8.42 Å². The van der Waals surface area contributed by atoms with Gasteiger partial charge in [-0.2, -0.15) is 5.10 Å². The normalized spacial score (nSPS) is 11.9. The molecule has 0 radical (unpaired) electrons. The average molecular weight is 190 g/mol. The van der Waals surface area contributed by atoms with Gasteiger partial charge in [0, 0.05) is 7.05 Å². The molecule has 1 heterocycles. The molecule has 0 saturated carbocycles. The minimum Gasteiger partial charge on any atom is -0.252 e. The number of hydrogen-bond donors (Lipinski definition) is 1. The summed E-state index contributed by atoms with van der Waals surface area (Å²) in [6.07, 6.45) is 0. The third-order valence-corrected chi connectivity index (χ3v) is 1.95. The Labute approximate surface area is 70.5 Å². The molecule has 68 valence electrons. The lowest BCUT2D eigenvalue weighted by Crippen LogP contribution is -2.17. The SMILES string of the molecule is Cc1nc(CS(N)(=O)=O)n(C)n1. The van der Waals surface area contributed by atoms with Gasteiger partial charge in [-0.1, -0.05) is 0 Å². The molecule has 2 N–H and O–H groups in total. The molecule has 0 bridgehead atoms. The number of aryl methyl sites for hydroxylation is 2. The van der Waals surface area contributed by atoms with E-state index in [0.717, 1.165) is 0 Å². The predicted molar refractivity (Wildman–Crippen MR) is 42.6 cm³/mol. The van der Waals surface area contributed by atoms with Crippen LogP contribution in [-0.2, 0) is 22.8 Å². The highest BCUT2D eigenvalue weighted by atomic mass is 32.2. The van der Waals surface area contributed by atoms with Gasteiger partial charge in [0.05, 0.1) is 0 Å². The van der Waals surface area contributed by atoms with Crippen LogP contribution in [0.2, 0.25) is 0 Å². The smallest absolute Gasteiger partial charge is 0.216 e. The van der Waals surface area contributed by atoms with E-state index in [0.29, 0.717) is 11.6 Å². The highest BCUT2D eigenvalue weighted by Gasteiger charge is 2.10. The Kier molecular flexibility index (Phi) is 2.16. The lowest BCUT2D eigenvalue weighted by molar-refractivity contribution is 0.592. The van der Waals surface area contributed by atoms with Crippen molar-refractivity contribution in [3.63, 3.8) is 0 Å². The largest absolute Gasteiger partial charge is 0.252 e. The molecule has 1 aromatic heterocycles. The topological polar surface area (TPSA) is 90.9 Å². The maximum atomic E-state index is 10.7. The van der Waals surface area contributed by atoms with Gasteiger partial charge in [0.1, 0.15) is 17.4 Å². The summed E-state index contributed by atoms with van der Waals surface area (Å²) in [7, 11) is -1.88. The summed E-state index contributed by atoms with van der Waals surface area (Å²) >= 11 is 0. The van der Waals surface area contributed by atoms with Crippen molar-refractivity contribution in [2.45, 2.75) is 12.7 Å². The molecule has 0 fully saturated rings. The Hall–Kier alpha value is -0.950. The Balaban J connectivity index is 2.97. The van der Waals surface area contributed by atoms with E-state index in [1.165, 1.54) is 4.68 Å². The number of aromatic nitrogens is 3. The molecule has 0 unspecified atom stereocenters. The van der Waals surface area contributed by atoms with E-state index in [9.17, 15) is 8.42 Å². The summed E-state index contributed by atoms with van der Waals surface area (Å²) < 4.78 is 22.7. The molecule has 0 aromatic carbocycles. The molecule has 12 heavy (non-hydrogen) atoms. The van der Waals surface area contributed by atoms with E-state index in [-0.39, 0.29) is 5.75 Å². The van der Waals surface area contributed by atoms with Crippen LogP contribution in [-0.4, -0.2) is 23.2 Å². The number of primary sulfonamides is 1. The Bertz CT molecular complexity index is 380. The van der Waals surface area contributed by atoms with Crippen molar-refractivity contribution >= 4 is 10.0 Å². The lowest BCUT2D eigenvalue weighted by Gasteiger charge is -1.95. The summed E-state index contributed by atoms with van der Waals surface area (Å²) in [6.45, 7) is 1.69. The lowest BCUT2D eigenvalue weighted by atomic mass is 10.7. The number of hydrogen-bond acceptors (Lipinski definition) is 4. The maximum absolute atomic E-state index is 10.7. The third kappa shape index (κ3) is 2.28. The van der Waals surface area contributed by atoms with Crippen LogP contribution in [0.25, 0.3) is 0 Å². The molecular formula is C5H10N4O2S. The fraction of sp³-hybridized carbons (Fsp3) is 0.600. The summed E-state index contributed by atoms with van der Waals surface area (Å²) in [6, 6.07) is 0.